The maximum Gasteiger partial charge on any atom is 0.235 e. The molecule has 0 aliphatic carbocycles. The number of carbonyl (C=O) groups is 1. The van der Waals surface area contributed by atoms with Crippen LogP contribution in [0.3, 0.4) is 0 Å². The fourth-order valence-corrected chi connectivity index (χ4v) is 4.71. The van der Waals surface area contributed by atoms with Gasteiger partial charge in [-0.1, -0.05) is 68.3 Å². The lowest BCUT2D eigenvalue weighted by Gasteiger charge is -2.12. The molecule has 31 heavy (non-hydrogen) atoms. The van der Waals surface area contributed by atoms with Gasteiger partial charge in [-0.3, -0.25) is 9.48 Å². The van der Waals surface area contributed by atoms with Gasteiger partial charge in [0.2, 0.25) is 5.91 Å². The molecule has 0 unspecified atom stereocenters. The van der Waals surface area contributed by atoms with Crippen LogP contribution in [0.15, 0.2) is 67.0 Å². The number of hydrogen-bond acceptors (Lipinski definition) is 4. The van der Waals surface area contributed by atoms with E-state index in [1.54, 1.807) is 6.20 Å². The first-order valence-electron chi connectivity index (χ1n) is 10.6. The van der Waals surface area contributed by atoms with E-state index in [9.17, 15) is 13.2 Å². The Kier molecular flexibility index (Phi) is 8.00. The number of sulfone groups is 1. The molecule has 0 fully saturated rings. The minimum atomic E-state index is -3.37. The third kappa shape index (κ3) is 7.07. The summed E-state index contributed by atoms with van der Waals surface area (Å²) in [6.45, 7) is 3.01. The van der Waals surface area contributed by atoms with Crippen molar-refractivity contribution in [2.24, 2.45) is 0 Å². The normalized spacial score (nSPS) is 11.4. The van der Waals surface area contributed by atoms with Gasteiger partial charge >= 0.3 is 0 Å². The summed E-state index contributed by atoms with van der Waals surface area (Å²) in [6, 6.07) is 18.0. The average Bonchev–Trinajstić information content (AvgIpc) is 3.26. The Morgan fingerprint density at radius 1 is 1.03 bits per heavy atom. The average molecular weight is 440 g/mol. The number of hydrogen-bond donors (Lipinski definition) is 1. The summed E-state index contributed by atoms with van der Waals surface area (Å²) in [5, 5.41) is 6.99. The number of nitrogens with zero attached hydrogens (tertiary/aromatic N) is 2. The summed E-state index contributed by atoms with van der Waals surface area (Å²) < 4.78 is 26.1. The SMILES string of the molecule is CCCCCS(=O)(=O)CC(=O)NCc1ccccc1-c1ccc(Cn2cccn2)cc1. The largest absolute Gasteiger partial charge is 0.351 e. The Balaban J connectivity index is 1.62. The van der Waals surface area contributed by atoms with Crippen LogP contribution in [0.2, 0.25) is 0 Å². The summed E-state index contributed by atoms with van der Waals surface area (Å²) in [7, 11) is -3.37. The molecule has 1 N–H and O–H groups in total. The lowest BCUT2D eigenvalue weighted by Crippen LogP contribution is -2.31. The molecule has 0 radical (unpaired) electrons. The van der Waals surface area contributed by atoms with Crippen LogP contribution in [0.25, 0.3) is 11.1 Å². The monoisotopic (exact) mass is 439 g/mol. The molecule has 2 aromatic carbocycles. The second-order valence-electron chi connectivity index (χ2n) is 7.63. The molecule has 1 heterocycles. The molecule has 3 aromatic rings. The van der Waals surface area contributed by atoms with Crippen LogP contribution in [0, 0.1) is 0 Å². The third-order valence-electron chi connectivity index (χ3n) is 5.07. The molecule has 1 amide bonds. The van der Waals surface area contributed by atoms with Crippen molar-refractivity contribution in [3.8, 4) is 11.1 Å². The Bertz CT molecular complexity index is 1080. The van der Waals surface area contributed by atoms with Crippen molar-refractivity contribution in [2.45, 2.75) is 39.3 Å². The summed E-state index contributed by atoms with van der Waals surface area (Å²) in [6.07, 6.45) is 6.09. The van der Waals surface area contributed by atoms with Gasteiger partial charge in [0.15, 0.2) is 9.84 Å². The highest BCUT2D eigenvalue weighted by molar-refractivity contribution is 7.92. The predicted octanol–water partition coefficient (Wildman–Crippen LogP) is 3.82. The Morgan fingerprint density at radius 3 is 2.52 bits per heavy atom. The predicted molar refractivity (Wildman–Crippen MR) is 123 cm³/mol. The van der Waals surface area contributed by atoms with Crippen LogP contribution < -0.4 is 5.32 Å². The zero-order chi connectivity index (χ0) is 22.1. The van der Waals surface area contributed by atoms with Crippen molar-refractivity contribution in [1.82, 2.24) is 15.1 Å². The van der Waals surface area contributed by atoms with E-state index in [2.05, 4.69) is 34.7 Å². The second kappa shape index (κ2) is 10.9. The van der Waals surface area contributed by atoms with E-state index in [1.807, 2.05) is 48.1 Å². The molecule has 0 atom stereocenters. The smallest absolute Gasteiger partial charge is 0.235 e. The van der Waals surface area contributed by atoms with Gasteiger partial charge in [0, 0.05) is 18.9 Å². The number of unbranched alkanes of at least 4 members (excludes halogenated alkanes) is 2. The summed E-state index contributed by atoms with van der Waals surface area (Å²) >= 11 is 0. The standard InChI is InChI=1S/C24H29N3O3S/c1-2-3-6-16-31(29,30)19-24(28)25-17-22-8-4-5-9-23(22)21-12-10-20(11-13-21)18-27-15-7-14-26-27/h4-5,7-15H,2-3,6,16-19H2,1H3,(H,25,28). The molecule has 0 aliphatic heterocycles. The van der Waals surface area contributed by atoms with Gasteiger partial charge in [-0.15, -0.1) is 0 Å². The number of amides is 1. The molecule has 0 saturated heterocycles. The van der Waals surface area contributed by atoms with Gasteiger partial charge in [0.1, 0.15) is 5.75 Å². The van der Waals surface area contributed by atoms with E-state index in [-0.39, 0.29) is 12.3 Å². The highest BCUT2D eigenvalue weighted by Crippen LogP contribution is 2.24. The third-order valence-corrected chi connectivity index (χ3v) is 6.68. The first kappa shape index (κ1) is 22.7. The number of benzene rings is 2. The van der Waals surface area contributed by atoms with E-state index in [0.717, 1.165) is 35.1 Å². The van der Waals surface area contributed by atoms with Crippen LogP contribution in [0.4, 0.5) is 0 Å². The zero-order valence-corrected chi connectivity index (χ0v) is 18.6. The van der Waals surface area contributed by atoms with Crippen molar-refractivity contribution < 1.29 is 13.2 Å². The van der Waals surface area contributed by atoms with Gasteiger partial charge in [-0.2, -0.15) is 5.10 Å². The maximum atomic E-state index is 12.2. The minimum absolute atomic E-state index is 0.0652. The maximum absolute atomic E-state index is 12.2. The molecular formula is C24H29N3O3S. The topological polar surface area (TPSA) is 81.1 Å². The second-order valence-corrected chi connectivity index (χ2v) is 9.82. The van der Waals surface area contributed by atoms with Gasteiger partial charge in [0.05, 0.1) is 12.3 Å². The molecule has 1 aromatic heterocycles. The Morgan fingerprint density at radius 2 is 1.81 bits per heavy atom. The molecule has 164 valence electrons. The first-order valence-corrected chi connectivity index (χ1v) is 12.4. The van der Waals surface area contributed by atoms with Crippen molar-refractivity contribution in [3.05, 3.63) is 78.1 Å². The van der Waals surface area contributed by atoms with Gasteiger partial charge in [-0.05, 0) is 34.7 Å². The molecule has 3 rings (SSSR count). The number of rotatable bonds is 11. The molecule has 7 heteroatoms. The molecule has 0 aliphatic rings. The van der Waals surface area contributed by atoms with Crippen molar-refractivity contribution in [3.63, 3.8) is 0 Å². The molecule has 0 spiro atoms. The van der Waals surface area contributed by atoms with Crippen LogP contribution in [-0.4, -0.2) is 35.6 Å². The van der Waals surface area contributed by atoms with Gasteiger partial charge in [-0.25, -0.2) is 8.42 Å². The highest BCUT2D eigenvalue weighted by Gasteiger charge is 2.16. The summed E-state index contributed by atoms with van der Waals surface area (Å²) in [5.74, 6) is -0.850. The number of aromatic nitrogens is 2. The number of carbonyl (C=O) groups excluding carboxylic acids is 1. The van der Waals surface area contributed by atoms with Crippen LogP contribution in [0.5, 0.6) is 0 Å². The lowest BCUT2D eigenvalue weighted by atomic mass is 9.98. The fraction of sp³-hybridized carbons (Fsp3) is 0.333. The van der Waals surface area contributed by atoms with Crippen LogP contribution in [-0.2, 0) is 27.7 Å². The van der Waals surface area contributed by atoms with Crippen molar-refractivity contribution in [1.29, 1.82) is 0 Å². The van der Waals surface area contributed by atoms with Crippen LogP contribution >= 0.6 is 0 Å². The number of nitrogens with one attached hydrogen (secondary N) is 1. The lowest BCUT2D eigenvalue weighted by molar-refractivity contribution is -0.118. The zero-order valence-electron chi connectivity index (χ0n) is 17.8. The quantitative estimate of drug-likeness (QED) is 0.461. The van der Waals surface area contributed by atoms with Gasteiger partial charge < -0.3 is 5.32 Å². The highest BCUT2D eigenvalue weighted by atomic mass is 32.2. The Labute approximate surface area is 184 Å². The summed E-state index contributed by atoms with van der Waals surface area (Å²) in [5.41, 5.74) is 4.14. The van der Waals surface area contributed by atoms with Crippen molar-refractivity contribution in [2.75, 3.05) is 11.5 Å². The molecule has 0 saturated carbocycles. The van der Waals surface area contributed by atoms with E-state index >= 15 is 0 Å². The van der Waals surface area contributed by atoms with E-state index in [0.29, 0.717) is 13.0 Å². The van der Waals surface area contributed by atoms with E-state index < -0.39 is 21.5 Å². The first-order chi connectivity index (χ1) is 15.0. The molecule has 6 nitrogen and oxygen atoms in total. The van der Waals surface area contributed by atoms with Gasteiger partial charge in [0.25, 0.3) is 0 Å². The molecule has 0 bridgehead atoms. The minimum Gasteiger partial charge on any atom is -0.351 e. The van der Waals surface area contributed by atoms with E-state index in [4.69, 9.17) is 0 Å². The fourth-order valence-electron chi connectivity index (χ4n) is 3.42. The van der Waals surface area contributed by atoms with Crippen LogP contribution in [0.1, 0.15) is 37.3 Å². The van der Waals surface area contributed by atoms with Crippen molar-refractivity contribution >= 4 is 15.7 Å². The van der Waals surface area contributed by atoms with E-state index in [1.165, 1.54) is 0 Å². The Hall–Kier alpha value is -2.93. The molecular weight excluding hydrogens is 410 g/mol. The summed E-state index contributed by atoms with van der Waals surface area (Å²) in [4.78, 5) is 12.2.